The Morgan fingerprint density at radius 2 is 0.932 bits per heavy atom. The minimum Gasteiger partial charge on any atom is -0.457 e. The van der Waals surface area contributed by atoms with Crippen molar-refractivity contribution in [1.29, 1.82) is 0 Å². The first kappa shape index (κ1) is 32.3. The second kappa shape index (κ2) is 12.1. The summed E-state index contributed by atoms with van der Waals surface area (Å²) < 4.78 is 16.0. The van der Waals surface area contributed by atoms with Crippen molar-refractivity contribution < 1.29 is 9.15 Å². The molecule has 0 amide bonds. The zero-order valence-electron chi connectivity index (χ0n) is 31.8. The number of fused-ring (bicyclic) bond motifs is 14. The van der Waals surface area contributed by atoms with E-state index in [1.165, 1.54) is 27.5 Å². The summed E-state index contributed by atoms with van der Waals surface area (Å²) in [5.74, 6) is 1.69. The Labute approximate surface area is 340 Å². The number of hydrogen-bond acceptors (Lipinski definition) is 3. The minimum atomic E-state index is -0.782. The Balaban J connectivity index is 1.22. The summed E-state index contributed by atoms with van der Waals surface area (Å²) in [4.78, 5) is 2.49. The molecule has 0 radical (unpaired) electrons. The van der Waals surface area contributed by atoms with Gasteiger partial charge in [0, 0.05) is 44.0 Å². The van der Waals surface area contributed by atoms with E-state index in [1.807, 2.05) is 6.07 Å². The van der Waals surface area contributed by atoms with Gasteiger partial charge in [0.2, 0.25) is 0 Å². The number of aromatic nitrogens is 1. The van der Waals surface area contributed by atoms with E-state index < -0.39 is 5.41 Å². The number of para-hydroxylation sites is 5. The third-order valence-electron chi connectivity index (χ3n) is 12.6. The van der Waals surface area contributed by atoms with Gasteiger partial charge in [-0.25, -0.2) is 0 Å². The molecule has 4 heteroatoms. The van der Waals surface area contributed by atoms with E-state index in [1.54, 1.807) is 0 Å². The Morgan fingerprint density at radius 1 is 0.356 bits per heavy atom. The van der Waals surface area contributed by atoms with Crippen LogP contribution in [0.25, 0.3) is 60.6 Å². The summed E-state index contributed by atoms with van der Waals surface area (Å²) >= 11 is 0. The molecule has 2 aromatic heterocycles. The van der Waals surface area contributed by atoms with Gasteiger partial charge >= 0.3 is 0 Å². The zero-order chi connectivity index (χ0) is 38.7. The van der Waals surface area contributed by atoms with E-state index in [0.717, 1.165) is 83.9 Å². The molecule has 13 rings (SSSR count). The molecular weight excluding hydrogens is 721 g/mol. The molecule has 0 aliphatic carbocycles. The van der Waals surface area contributed by atoms with Gasteiger partial charge in [-0.05, 0) is 95.1 Å². The molecule has 9 aromatic carbocycles. The summed E-state index contributed by atoms with van der Waals surface area (Å²) in [7, 11) is 0. The van der Waals surface area contributed by atoms with Crippen LogP contribution < -0.4 is 9.64 Å². The van der Waals surface area contributed by atoms with Crippen molar-refractivity contribution in [2.75, 3.05) is 4.90 Å². The first-order valence-corrected chi connectivity index (χ1v) is 20.2. The predicted molar refractivity (Wildman–Crippen MR) is 240 cm³/mol. The molecule has 11 aromatic rings. The lowest BCUT2D eigenvalue weighted by molar-refractivity contribution is 0.434. The van der Waals surface area contributed by atoms with E-state index in [2.05, 4.69) is 210 Å². The van der Waals surface area contributed by atoms with Gasteiger partial charge in [0.25, 0.3) is 0 Å². The molecule has 0 fully saturated rings. The van der Waals surface area contributed by atoms with Crippen molar-refractivity contribution in [3.05, 3.63) is 229 Å². The first-order chi connectivity index (χ1) is 29.3. The number of benzene rings is 9. The normalized spacial score (nSPS) is 13.7. The smallest absolute Gasteiger partial charge is 0.135 e. The highest BCUT2D eigenvalue weighted by atomic mass is 16.5. The highest BCUT2D eigenvalue weighted by molar-refractivity contribution is 6.13. The van der Waals surface area contributed by atoms with Gasteiger partial charge < -0.3 is 18.6 Å². The fourth-order valence-electron chi connectivity index (χ4n) is 10.2. The van der Waals surface area contributed by atoms with Crippen molar-refractivity contribution in [3.63, 3.8) is 0 Å². The van der Waals surface area contributed by atoms with Crippen molar-refractivity contribution >= 4 is 60.8 Å². The summed E-state index contributed by atoms with van der Waals surface area (Å²) in [6.07, 6.45) is 0. The largest absolute Gasteiger partial charge is 0.457 e. The molecule has 0 unspecified atom stereocenters. The highest BCUT2D eigenvalue weighted by Crippen LogP contribution is 2.64. The summed E-state index contributed by atoms with van der Waals surface area (Å²) in [5, 5.41) is 4.58. The van der Waals surface area contributed by atoms with Gasteiger partial charge in [0.1, 0.15) is 22.7 Å². The van der Waals surface area contributed by atoms with E-state index >= 15 is 0 Å². The number of furan rings is 1. The summed E-state index contributed by atoms with van der Waals surface area (Å²) in [6, 6.07) is 74.3. The van der Waals surface area contributed by atoms with Crippen LogP contribution in [0.4, 0.5) is 17.1 Å². The van der Waals surface area contributed by atoms with Gasteiger partial charge in [-0.1, -0.05) is 133 Å². The van der Waals surface area contributed by atoms with Crippen molar-refractivity contribution in [3.8, 4) is 28.3 Å². The van der Waals surface area contributed by atoms with E-state index in [4.69, 9.17) is 9.15 Å². The second-order valence-corrected chi connectivity index (χ2v) is 15.6. The van der Waals surface area contributed by atoms with E-state index in [-0.39, 0.29) is 0 Å². The van der Waals surface area contributed by atoms with Crippen LogP contribution in [-0.4, -0.2) is 4.57 Å². The lowest BCUT2D eigenvalue weighted by Crippen LogP contribution is -2.39. The molecule has 4 heterocycles. The highest BCUT2D eigenvalue weighted by Gasteiger charge is 2.52. The van der Waals surface area contributed by atoms with Crippen molar-refractivity contribution in [2.24, 2.45) is 0 Å². The van der Waals surface area contributed by atoms with Gasteiger partial charge in [0.15, 0.2) is 0 Å². The molecule has 0 saturated heterocycles. The number of anilines is 3. The lowest BCUT2D eigenvalue weighted by atomic mass is 9.61. The van der Waals surface area contributed by atoms with Gasteiger partial charge in [-0.3, -0.25) is 0 Å². The van der Waals surface area contributed by atoms with Crippen molar-refractivity contribution in [2.45, 2.75) is 5.41 Å². The molecule has 0 atom stereocenters. The van der Waals surface area contributed by atoms with Crippen LogP contribution in [0.2, 0.25) is 0 Å². The SMILES string of the molecule is c1ccc(-c2ccc(N3c4cc5c(cc4C4(c6ccccc6Oc6ccccc64)c4cc6c(cc43)c3ccccc3n6-c3ccccc3)oc3ccccc35)cc2)cc1. The van der Waals surface area contributed by atoms with Gasteiger partial charge in [-0.15, -0.1) is 0 Å². The van der Waals surface area contributed by atoms with Crippen LogP contribution >= 0.6 is 0 Å². The number of ether oxygens (including phenoxy) is 1. The van der Waals surface area contributed by atoms with Crippen molar-refractivity contribution in [1.82, 2.24) is 4.57 Å². The zero-order valence-corrected chi connectivity index (χ0v) is 31.8. The number of rotatable bonds is 3. The standard InChI is InChI=1S/C55H34N2O2/c1-3-15-35(16-4-1)36-27-29-38(30-28-36)57-49-31-41-39-19-7-11-23-47(39)56(37-17-5-2-6-18-37)48(41)33-45(49)55(43-21-9-13-25-52(43)59-53-26-14-10-22-44(53)55)46-34-54-42(32-50(46)57)40-20-8-12-24-51(40)58-54/h1-34H. The van der Waals surface area contributed by atoms with Crippen LogP contribution in [0, 0.1) is 0 Å². The van der Waals surface area contributed by atoms with Crippen LogP contribution in [0.5, 0.6) is 11.5 Å². The van der Waals surface area contributed by atoms with Crippen LogP contribution in [0.15, 0.2) is 211 Å². The monoisotopic (exact) mass is 754 g/mol. The maximum atomic E-state index is 6.82. The number of nitrogens with zero attached hydrogens (tertiary/aromatic N) is 2. The molecular formula is C55H34N2O2. The third kappa shape index (κ3) is 4.43. The van der Waals surface area contributed by atoms with Crippen LogP contribution in [0.1, 0.15) is 22.3 Å². The Morgan fingerprint density at radius 3 is 1.68 bits per heavy atom. The molecule has 2 aliphatic rings. The van der Waals surface area contributed by atoms with E-state index in [9.17, 15) is 0 Å². The third-order valence-corrected chi connectivity index (χ3v) is 12.6. The first-order valence-electron chi connectivity index (χ1n) is 20.2. The molecule has 0 bridgehead atoms. The quantitative estimate of drug-likeness (QED) is 0.180. The predicted octanol–water partition coefficient (Wildman–Crippen LogP) is 14.6. The molecule has 59 heavy (non-hydrogen) atoms. The maximum absolute atomic E-state index is 6.82. The number of hydrogen-bond donors (Lipinski definition) is 0. The van der Waals surface area contributed by atoms with Gasteiger partial charge in [-0.2, -0.15) is 0 Å². The molecule has 1 spiro atoms. The van der Waals surface area contributed by atoms with E-state index in [0.29, 0.717) is 0 Å². The summed E-state index contributed by atoms with van der Waals surface area (Å²) in [6.45, 7) is 0. The molecule has 4 nitrogen and oxygen atoms in total. The average molecular weight is 755 g/mol. The molecule has 0 saturated carbocycles. The van der Waals surface area contributed by atoms with Gasteiger partial charge in [0.05, 0.1) is 27.8 Å². The summed E-state index contributed by atoms with van der Waals surface area (Å²) in [5.41, 5.74) is 14.5. The van der Waals surface area contributed by atoms with Crippen LogP contribution in [0.3, 0.4) is 0 Å². The lowest BCUT2D eigenvalue weighted by Gasteiger charge is -2.48. The Hall–Kier alpha value is -7.82. The molecule has 2 aliphatic heterocycles. The fraction of sp³-hybridized carbons (Fsp3) is 0.0182. The topological polar surface area (TPSA) is 30.5 Å². The fourth-order valence-corrected chi connectivity index (χ4v) is 10.2. The second-order valence-electron chi connectivity index (χ2n) is 15.6. The Kier molecular flexibility index (Phi) is 6.62. The molecule has 276 valence electrons. The Bertz CT molecular complexity index is 3430. The van der Waals surface area contributed by atoms with Crippen LogP contribution in [-0.2, 0) is 5.41 Å². The average Bonchev–Trinajstić information content (AvgIpc) is 3.83. The maximum Gasteiger partial charge on any atom is 0.135 e. The molecule has 0 N–H and O–H groups in total. The minimum absolute atomic E-state index is 0.782.